The van der Waals surface area contributed by atoms with Crippen LogP contribution in [0.25, 0.3) is 11.3 Å². The molecule has 0 amide bonds. The maximum Gasteiger partial charge on any atom is 0.208 e. The predicted molar refractivity (Wildman–Crippen MR) is 95.0 cm³/mol. The number of nitrogens with one attached hydrogen (secondary N) is 1. The molecule has 0 spiro atoms. The average Bonchev–Trinajstić information content (AvgIpc) is 3.36. The Morgan fingerprint density at radius 1 is 1.12 bits per heavy atom. The maximum absolute atomic E-state index is 5.40. The molecule has 3 aromatic heterocycles. The standard InChI is InChI=1S/C17H14N4OS2/c1-2-5-12(6-3-1)15-9-13(22-21-15)11-24-17-18-16(19-20-17)10-14-7-4-8-23-14/h1-9H,10-11H2,(H,18,19,20). The van der Waals surface area contributed by atoms with Crippen LogP contribution in [-0.4, -0.2) is 20.3 Å². The van der Waals surface area contributed by atoms with Crippen LogP contribution in [0, 0.1) is 0 Å². The van der Waals surface area contributed by atoms with Gasteiger partial charge in [0.1, 0.15) is 17.3 Å². The first-order valence-corrected chi connectivity index (χ1v) is 9.31. The summed E-state index contributed by atoms with van der Waals surface area (Å²) in [5.74, 6) is 2.34. The summed E-state index contributed by atoms with van der Waals surface area (Å²) in [4.78, 5) is 5.77. The average molecular weight is 354 g/mol. The summed E-state index contributed by atoms with van der Waals surface area (Å²) in [6.07, 6.45) is 0.783. The number of H-pyrrole nitrogens is 1. The van der Waals surface area contributed by atoms with Crippen molar-refractivity contribution < 1.29 is 4.52 Å². The molecule has 0 aliphatic rings. The van der Waals surface area contributed by atoms with Crippen molar-refractivity contribution in [2.75, 3.05) is 0 Å². The SMILES string of the molecule is c1ccc(-c2cc(CSc3n[nH]c(Cc4cccs4)n3)on2)cc1. The third-order valence-electron chi connectivity index (χ3n) is 3.41. The molecular weight excluding hydrogens is 340 g/mol. The monoisotopic (exact) mass is 354 g/mol. The molecule has 0 aliphatic heterocycles. The minimum Gasteiger partial charge on any atom is -0.360 e. The zero-order valence-electron chi connectivity index (χ0n) is 12.7. The molecule has 0 fully saturated rings. The molecule has 0 aliphatic carbocycles. The number of nitrogens with zero attached hydrogens (tertiary/aromatic N) is 3. The lowest BCUT2D eigenvalue weighted by Gasteiger charge is -1.92. The third kappa shape index (κ3) is 3.58. The van der Waals surface area contributed by atoms with Gasteiger partial charge in [0.05, 0.1) is 5.75 Å². The van der Waals surface area contributed by atoms with Crippen LogP contribution in [0.15, 0.2) is 63.6 Å². The molecule has 0 atom stereocenters. The number of hydrogen-bond donors (Lipinski definition) is 1. The fourth-order valence-electron chi connectivity index (χ4n) is 2.26. The molecule has 7 heteroatoms. The molecule has 120 valence electrons. The van der Waals surface area contributed by atoms with Crippen molar-refractivity contribution in [2.24, 2.45) is 0 Å². The molecule has 0 radical (unpaired) electrons. The lowest BCUT2D eigenvalue weighted by atomic mass is 10.1. The van der Waals surface area contributed by atoms with Gasteiger partial charge in [-0.3, -0.25) is 5.10 Å². The summed E-state index contributed by atoms with van der Waals surface area (Å²) in [5, 5.41) is 14.1. The van der Waals surface area contributed by atoms with Crippen molar-refractivity contribution in [2.45, 2.75) is 17.3 Å². The molecule has 0 saturated carbocycles. The second-order valence-corrected chi connectivity index (χ2v) is 7.13. The Balaban J connectivity index is 1.37. The fraction of sp³-hybridized carbons (Fsp3) is 0.118. The van der Waals surface area contributed by atoms with Crippen LogP contribution in [0.1, 0.15) is 16.5 Å². The molecule has 0 unspecified atom stereocenters. The molecule has 0 bridgehead atoms. The Hall–Kier alpha value is -2.38. The lowest BCUT2D eigenvalue weighted by molar-refractivity contribution is 0.397. The van der Waals surface area contributed by atoms with E-state index >= 15 is 0 Å². The molecule has 1 aromatic carbocycles. The molecule has 3 heterocycles. The zero-order valence-corrected chi connectivity index (χ0v) is 14.3. The first kappa shape index (κ1) is 15.2. The van der Waals surface area contributed by atoms with E-state index in [1.165, 1.54) is 16.6 Å². The Bertz CT molecular complexity index is 900. The largest absolute Gasteiger partial charge is 0.360 e. The summed E-state index contributed by atoms with van der Waals surface area (Å²) < 4.78 is 5.40. The Kier molecular flexibility index (Phi) is 4.44. The summed E-state index contributed by atoms with van der Waals surface area (Å²) in [5.41, 5.74) is 1.90. The Morgan fingerprint density at radius 3 is 2.88 bits per heavy atom. The van der Waals surface area contributed by atoms with Gasteiger partial charge in [-0.05, 0) is 11.4 Å². The highest BCUT2D eigenvalue weighted by molar-refractivity contribution is 7.98. The Morgan fingerprint density at radius 2 is 2.04 bits per heavy atom. The van der Waals surface area contributed by atoms with Crippen LogP contribution in [0.4, 0.5) is 0 Å². The number of thiophene rings is 1. The highest BCUT2D eigenvalue weighted by Crippen LogP contribution is 2.24. The van der Waals surface area contributed by atoms with Crippen molar-refractivity contribution in [1.29, 1.82) is 0 Å². The van der Waals surface area contributed by atoms with Gasteiger partial charge in [-0.15, -0.1) is 16.4 Å². The van der Waals surface area contributed by atoms with Gasteiger partial charge in [-0.1, -0.05) is 53.3 Å². The summed E-state index contributed by atoms with van der Waals surface area (Å²) in [7, 11) is 0. The molecule has 0 saturated heterocycles. The van der Waals surface area contributed by atoms with E-state index in [4.69, 9.17) is 4.52 Å². The molecule has 24 heavy (non-hydrogen) atoms. The van der Waals surface area contributed by atoms with E-state index in [0.717, 1.165) is 34.4 Å². The number of hydrogen-bond acceptors (Lipinski definition) is 6. The maximum atomic E-state index is 5.40. The predicted octanol–water partition coefficient (Wildman–Crippen LogP) is 4.40. The highest BCUT2D eigenvalue weighted by Gasteiger charge is 2.10. The van der Waals surface area contributed by atoms with E-state index in [-0.39, 0.29) is 0 Å². The van der Waals surface area contributed by atoms with Crippen LogP contribution in [0.2, 0.25) is 0 Å². The van der Waals surface area contributed by atoms with Crippen molar-refractivity contribution in [3.05, 3.63) is 70.4 Å². The quantitative estimate of drug-likeness (QED) is 0.520. The zero-order chi connectivity index (χ0) is 16.2. The van der Waals surface area contributed by atoms with Crippen LogP contribution in [0.3, 0.4) is 0 Å². The molecule has 4 rings (SSSR count). The van der Waals surface area contributed by atoms with E-state index in [9.17, 15) is 0 Å². The number of benzene rings is 1. The molecule has 4 aromatic rings. The van der Waals surface area contributed by atoms with Gasteiger partial charge >= 0.3 is 0 Å². The summed E-state index contributed by atoms with van der Waals surface area (Å²) in [6.45, 7) is 0. The van der Waals surface area contributed by atoms with Crippen molar-refractivity contribution >= 4 is 23.1 Å². The van der Waals surface area contributed by atoms with E-state index < -0.39 is 0 Å². The number of aromatic amines is 1. The first-order chi connectivity index (χ1) is 11.9. The van der Waals surface area contributed by atoms with Gasteiger partial charge in [0.25, 0.3) is 0 Å². The van der Waals surface area contributed by atoms with Gasteiger partial charge in [-0.25, -0.2) is 4.98 Å². The number of aromatic nitrogens is 4. The lowest BCUT2D eigenvalue weighted by Crippen LogP contribution is -1.87. The van der Waals surface area contributed by atoms with Gasteiger partial charge in [0, 0.05) is 22.9 Å². The van der Waals surface area contributed by atoms with Crippen molar-refractivity contribution in [3.63, 3.8) is 0 Å². The number of thioether (sulfide) groups is 1. The van der Waals surface area contributed by atoms with Crippen molar-refractivity contribution in [3.8, 4) is 11.3 Å². The normalized spacial score (nSPS) is 11.0. The summed E-state index contributed by atoms with van der Waals surface area (Å²) in [6, 6.07) is 16.1. The number of rotatable bonds is 6. The van der Waals surface area contributed by atoms with Gasteiger partial charge < -0.3 is 4.52 Å². The second kappa shape index (κ2) is 7.02. The first-order valence-electron chi connectivity index (χ1n) is 7.44. The summed E-state index contributed by atoms with van der Waals surface area (Å²) >= 11 is 3.25. The van der Waals surface area contributed by atoms with Crippen molar-refractivity contribution in [1.82, 2.24) is 20.3 Å². The molecule has 1 N–H and O–H groups in total. The fourth-order valence-corrected chi connectivity index (χ4v) is 3.66. The molecular formula is C17H14N4OS2. The minimum atomic E-state index is 0.649. The van der Waals surface area contributed by atoms with E-state index in [2.05, 4.69) is 31.8 Å². The Labute approximate surface area is 147 Å². The minimum absolute atomic E-state index is 0.649. The van der Waals surface area contributed by atoms with E-state index in [1.807, 2.05) is 42.5 Å². The topological polar surface area (TPSA) is 67.6 Å². The van der Waals surface area contributed by atoms with Crippen LogP contribution < -0.4 is 0 Å². The van der Waals surface area contributed by atoms with Gasteiger partial charge in [0.15, 0.2) is 0 Å². The van der Waals surface area contributed by atoms with Crippen LogP contribution in [0.5, 0.6) is 0 Å². The van der Waals surface area contributed by atoms with Crippen LogP contribution in [-0.2, 0) is 12.2 Å². The van der Waals surface area contributed by atoms with Gasteiger partial charge in [-0.2, -0.15) is 0 Å². The van der Waals surface area contributed by atoms with E-state index in [0.29, 0.717) is 5.75 Å². The van der Waals surface area contributed by atoms with Crippen LogP contribution >= 0.6 is 23.1 Å². The van der Waals surface area contributed by atoms with E-state index in [1.54, 1.807) is 11.3 Å². The molecule has 5 nitrogen and oxygen atoms in total. The smallest absolute Gasteiger partial charge is 0.208 e. The highest BCUT2D eigenvalue weighted by atomic mass is 32.2. The third-order valence-corrected chi connectivity index (χ3v) is 5.15. The van der Waals surface area contributed by atoms with Gasteiger partial charge in [0.2, 0.25) is 5.16 Å². The second-order valence-electron chi connectivity index (χ2n) is 5.15.